The van der Waals surface area contributed by atoms with Crippen LogP contribution >= 0.6 is 0 Å². The summed E-state index contributed by atoms with van der Waals surface area (Å²) in [5, 5.41) is 0. The molecule has 0 spiro atoms. The van der Waals surface area contributed by atoms with Crippen molar-refractivity contribution < 1.29 is 14.3 Å². The van der Waals surface area contributed by atoms with Crippen LogP contribution in [-0.4, -0.2) is 45.9 Å². The zero-order valence-electron chi connectivity index (χ0n) is 15.3. The fourth-order valence-corrected chi connectivity index (χ4v) is 3.26. The Morgan fingerprint density at radius 2 is 1.88 bits per heavy atom. The number of esters is 1. The van der Waals surface area contributed by atoms with Gasteiger partial charge >= 0.3 is 5.97 Å². The molecule has 1 saturated heterocycles. The second-order valence-corrected chi connectivity index (χ2v) is 7.72. The Morgan fingerprint density at radius 3 is 2.42 bits per heavy atom. The fourth-order valence-electron chi connectivity index (χ4n) is 3.26. The van der Waals surface area contributed by atoms with Crippen LogP contribution in [0.5, 0.6) is 0 Å². The Morgan fingerprint density at radius 1 is 1.25 bits per heavy atom. The van der Waals surface area contributed by atoms with Gasteiger partial charge in [0.25, 0.3) is 0 Å². The summed E-state index contributed by atoms with van der Waals surface area (Å²) in [6.45, 7) is 10.3. The number of carbonyl (C=O) groups excluding carboxylic acids is 2. The van der Waals surface area contributed by atoms with Crippen LogP contribution in [-0.2, 0) is 9.53 Å². The number of hydrogen-bond acceptors (Lipinski definition) is 5. The number of ketones is 1. The summed E-state index contributed by atoms with van der Waals surface area (Å²) < 4.78 is 5.61. The number of likely N-dealkylation sites (tertiary alicyclic amines) is 1. The normalized spacial score (nSPS) is 20.2. The maximum atomic E-state index is 12.9. The number of pyridine rings is 1. The number of nitrogens with zero attached hydrogens (tertiary/aromatic N) is 2. The number of ether oxygens (including phenoxy) is 1. The van der Waals surface area contributed by atoms with E-state index in [4.69, 9.17) is 4.74 Å². The van der Waals surface area contributed by atoms with Gasteiger partial charge in [-0.2, -0.15) is 0 Å². The molecule has 24 heavy (non-hydrogen) atoms. The van der Waals surface area contributed by atoms with E-state index >= 15 is 0 Å². The van der Waals surface area contributed by atoms with Crippen LogP contribution in [0.15, 0.2) is 24.5 Å². The minimum Gasteiger partial charge on any atom is -0.459 e. The summed E-state index contributed by atoms with van der Waals surface area (Å²) in [7, 11) is 0. The molecule has 1 aromatic rings. The molecule has 132 valence electrons. The Kier molecular flexibility index (Phi) is 5.75. The van der Waals surface area contributed by atoms with E-state index in [1.807, 2.05) is 39.5 Å². The van der Waals surface area contributed by atoms with Gasteiger partial charge in [-0.1, -0.05) is 13.8 Å². The summed E-state index contributed by atoms with van der Waals surface area (Å²) in [5.41, 5.74) is 0.114. The highest BCUT2D eigenvalue weighted by molar-refractivity contribution is 6.00. The van der Waals surface area contributed by atoms with Gasteiger partial charge in [0.15, 0.2) is 5.78 Å². The minimum atomic E-state index is -0.533. The van der Waals surface area contributed by atoms with Crippen molar-refractivity contribution in [3.05, 3.63) is 30.1 Å². The Balaban J connectivity index is 2.22. The average Bonchev–Trinajstić information content (AvgIpc) is 2.94. The van der Waals surface area contributed by atoms with E-state index in [1.165, 1.54) is 0 Å². The molecule has 0 N–H and O–H groups in total. The first-order valence-electron chi connectivity index (χ1n) is 8.63. The average molecular weight is 332 g/mol. The van der Waals surface area contributed by atoms with Crippen LogP contribution in [0, 0.1) is 5.92 Å². The molecule has 0 radical (unpaired) electrons. The van der Waals surface area contributed by atoms with Crippen LogP contribution in [0.2, 0.25) is 0 Å². The Labute approximate surface area is 144 Å². The third-order valence-corrected chi connectivity index (χ3v) is 4.20. The Bertz CT molecular complexity index is 578. The van der Waals surface area contributed by atoms with Crippen molar-refractivity contribution in [3.63, 3.8) is 0 Å². The van der Waals surface area contributed by atoms with Gasteiger partial charge in [-0.05, 0) is 58.2 Å². The van der Waals surface area contributed by atoms with Crippen LogP contribution in [0.4, 0.5) is 0 Å². The van der Waals surface area contributed by atoms with Crippen molar-refractivity contribution in [3.8, 4) is 0 Å². The molecular formula is C19H28N2O3. The molecule has 2 rings (SSSR count). The van der Waals surface area contributed by atoms with Crippen molar-refractivity contribution in [1.82, 2.24) is 9.88 Å². The first-order chi connectivity index (χ1) is 11.2. The van der Waals surface area contributed by atoms with Crippen LogP contribution in [0.25, 0.3) is 0 Å². The monoisotopic (exact) mass is 332 g/mol. The van der Waals surface area contributed by atoms with Crippen molar-refractivity contribution in [2.45, 2.75) is 65.1 Å². The molecule has 0 amide bonds. The molecule has 0 aromatic carbocycles. The maximum Gasteiger partial charge on any atom is 0.324 e. The highest BCUT2D eigenvalue weighted by Gasteiger charge is 2.41. The first kappa shape index (κ1) is 18.6. The van der Waals surface area contributed by atoms with Crippen molar-refractivity contribution in [2.75, 3.05) is 6.54 Å². The summed E-state index contributed by atoms with van der Waals surface area (Å²) in [5.74, 6) is -0.110. The standard InChI is InChI=1S/C19H28N2O3/c1-13(2)16(18(23)24-19(3,4)5)21-12-6-7-15(21)17(22)14-8-10-20-11-9-14/h8-11,13,15-16H,6-7,12H2,1-5H3/t15-,16-/m0/s1. The number of hydrogen-bond donors (Lipinski definition) is 0. The van der Waals surface area contributed by atoms with Gasteiger partial charge in [0.2, 0.25) is 0 Å². The quantitative estimate of drug-likeness (QED) is 0.612. The van der Waals surface area contributed by atoms with Gasteiger partial charge in [0, 0.05) is 18.0 Å². The Hall–Kier alpha value is -1.75. The molecule has 5 heteroatoms. The van der Waals surface area contributed by atoms with E-state index in [0.717, 1.165) is 19.4 Å². The number of aromatic nitrogens is 1. The van der Waals surface area contributed by atoms with Crippen molar-refractivity contribution in [1.29, 1.82) is 0 Å². The van der Waals surface area contributed by atoms with Gasteiger partial charge < -0.3 is 4.74 Å². The van der Waals surface area contributed by atoms with Crippen LogP contribution in [0.3, 0.4) is 0 Å². The van der Waals surface area contributed by atoms with E-state index in [0.29, 0.717) is 5.56 Å². The molecule has 0 aliphatic carbocycles. The second kappa shape index (κ2) is 7.43. The lowest BCUT2D eigenvalue weighted by atomic mass is 9.97. The lowest BCUT2D eigenvalue weighted by molar-refractivity contribution is -0.163. The molecule has 1 aromatic heterocycles. The molecule has 2 heterocycles. The van der Waals surface area contributed by atoms with E-state index in [-0.39, 0.29) is 23.7 Å². The molecular weight excluding hydrogens is 304 g/mol. The predicted octanol–water partition coefficient (Wildman–Crippen LogP) is 3.10. The highest BCUT2D eigenvalue weighted by atomic mass is 16.6. The van der Waals surface area contributed by atoms with Gasteiger partial charge in [0.05, 0.1) is 6.04 Å². The molecule has 2 atom stereocenters. The van der Waals surface area contributed by atoms with E-state index < -0.39 is 11.6 Å². The van der Waals surface area contributed by atoms with Gasteiger partial charge in [-0.25, -0.2) is 0 Å². The fraction of sp³-hybridized carbons (Fsp3) is 0.632. The van der Waals surface area contributed by atoms with Crippen molar-refractivity contribution >= 4 is 11.8 Å². The smallest absolute Gasteiger partial charge is 0.324 e. The van der Waals surface area contributed by atoms with Gasteiger partial charge in [0.1, 0.15) is 11.6 Å². The van der Waals surface area contributed by atoms with Crippen LogP contribution < -0.4 is 0 Å². The molecule has 5 nitrogen and oxygen atoms in total. The number of Topliss-reactive ketones (excluding diaryl/α,β-unsaturated/α-hetero) is 1. The lowest BCUT2D eigenvalue weighted by Crippen LogP contribution is -2.51. The number of carbonyl (C=O) groups is 2. The summed E-state index contributed by atoms with van der Waals surface area (Å²) >= 11 is 0. The topological polar surface area (TPSA) is 59.5 Å². The van der Waals surface area contributed by atoms with Gasteiger partial charge in [-0.3, -0.25) is 19.5 Å². The predicted molar refractivity (Wildman–Crippen MR) is 92.8 cm³/mol. The lowest BCUT2D eigenvalue weighted by Gasteiger charge is -2.35. The largest absolute Gasteiger partial charge is 0.459 e. The maximum absolute atomic E-state index is 12.9. The zero-order chi connectivity index (χ0) is 17.9. The van der Waals surface area contributed by atoms with Gasteiger partial charge in [-0.15, -0.1) is 0 Å². The van der Waals surface area contributed by atoms with E-state index in [9.17, 15) is 9.59 Å². The van der Waals surface area contributed by atoms with E-state index in [1.54, 1.807) is 24.5 Å². The van der Waals surface area contributed by atoms with E-state index in [2.05, 4.69) is 4.98 Å². The summed E-state index contributed by atoms with van der Waals surface area (Å²) in [4.78, 5) is 31.6. The molecule has 1 aliphatic rings. The molecule has 1 fully saturated rings. The first-order valence-corrected chi connectivity index (χ1v) is 8.63. The molecule has 1 aliphatic heterocycles. The molecule has 0 saturated carbocycles. The zero-order valence-corrected chi connectivity index (χ0v) is 15.3. The third-order valence-electron chi connectivity index (χ3n) is 4.20. The van der Waals surface area contributed by atoms with Crippen molar-refractivity contribution in [2.24, 2.45) is 5.92 Å². The molecule has 0 bridgehead atoms. The van der Waals surface area contributed by atoms with Crippen LogP contribution in [0.1, 0.15) is 57.8 Å². The second-order valence-electron chi connectivity index (χ2n) is 7.72. The third kappa shape index (κ3) is 4.41. The highest BCUT2D eigenvalue weighted by Crippen LogP contribution is 2.28. The summed E-state index contributed by atoms with van der Waals surface area (Å²) in [6.07, 6.45) is 4.93. The number of rotatable bonds is 5. The summed E-state index contributed by atoms with van der Waals surface area (Å²) in [6, 6.07) is 2.79. The minimum absolute atomic E-state index is 0.0594. The molecule has 0 unspecified atom stereocenters. The SMILES string of the molecule is CC(C)[C@@H](C(=O)OC(C)(C)C)N1CCC[C@H]1C(=O)c1ccncc1.